The number of halogens is 1. The van der Waals surface area contributed by atoms with Gasteiger partial charge in [0.15, 0.2) is 0 Å². The Morgan fingerprint density at radius 1 is 1.10 bits per heavy atom. The molecule has 0 saturated carbocycles. The lowest BCUT2D eigenvalue weighted by molar-refractivity contribution is 0.0745. The standard InChI is InChI=1S/C25H29FN4O/c1-3-15-28-16-14-24-21(17-28)23(27-30(24)19-10-6-5-7-11-19)18-29(4-2)25(31)20-12-8-9-13-22(20)26/h5-13H,3-4,14-18H2,1-2H3. The van der Waals surface area contributed by atoms with E-state index in [1.54, 1.807) is 23.1 Å². The molecule has 2 heterocycles. The van der Waals surface area contributed by atoms with Gasteiger partial charge in [0.1, 0.15) is 5.82 Å². The largest absolute Gasteiger partial charge is 0.333 e. The van der Waals surface area contributed by atoms with Gasteiger partial charge in [0.25, 0.3) is 5.91 Å². The van der Waals surface area contributed by atoms with E-state index >= 15 is 0 Å². The summed E-state index contributed by atoms with van der Waals surface area (Å²) < 4.78 is 16.3. The maximum atomic E-state index is 14.2. The first-order valence-corrected chi connectivity index (χ1v) is 11.0. The van der Waals surface area contributed by atoms with Crippen LogP contribution in [0.4, 0.5) is 4.39 Å². The number of benzene rings is 2. The van der Waals surface area contributed by atoms with Crippen LogP contribution in [-0.2, 0) is 19.5 Å². The molecule has 31 heavy (non-hydrogen) atoms. The van der Waals surface area contributed by atoms with Crippen molar-refractivity contribution in [3.05, 3.63) is 82.9 Å². The smallest absolute Gasteiger partial charge is 0.257 e. The van der Waals surface area contributed by atoms with Crippen LogP contribution in [0.25, 0.3) is 5.69 Å². The summed E-state index contributed by atoms with van der Waals surface area (Å²) in [6, 6.07) is 16.3. The highest BCUT2D eigenvalue weighted by atomic mass is 19.1. The Balaban J connectivity index is 1.69. The van der Waals surface area contributed by atoms with Gasteiger partial charge in [-0.15, -0.1) is 0 Å². The molecule has 1 aliphatic heterocycles. The summed E-state index contributed by atoms with van der Waals surface area (Å²) in [7, 11) is 0. The van der Waals surface area contributed by atoms with E-state index in [0.29, 0.717) is 13.1 Å². The van der Waals surface area contributed by atoms with Gasteiger partial charge < -0.3 is 4.90 Å². The van der Waals surface area contributed by atoms with Crippen molar-refractivity contribution in [2.24, 2.45) is 0 Å². The average molecular weight is 421 g/mol. The summed E-state index contributed by atoms with van der Waals surface area (Å²) in [6.07, 6.45) is 2.02. The van der Waals surface area contributed by atoms with E-state index in [0.717, 1.165) is 43.9 Å². The van der Waals surface area contributed by atoms with Gasteiger partial charge in [-0.05, 0) is 44.2 Å². The van der Waals surface area contributed by atoms with Crippen molar-refractivity contribution in [1.82, 2.24) is 19.6 Å². The molecular weight excluding hydrogens is 391 g/mol. The maximum Gasteiger partial charge on any atom is 0.257 e. The number of hydrogen-bond donors (Lipinski definition) is 0. The highest BCUT2D eigenvalue weighted by Gasteiger charge is 2.27. The van der Waals surface area contributed by atoms with Gasteiger partial charge in [0.05, 0.1) is 29.2 Å². The van der Waals surface area contributed by atoms with Crippen molar-refractivity contribution in [2.45, 2.75) is 39.8 Å². The van der Waals surface area contributed by atoms with E-state index in [-0.39, 0.29) is 11.5 Å². The topological polar surface area (TPSA) is 41.4 Å². The molecule has 1 amide bonds. The number of aromatic nitrogens is 2. The summed E-state index contributed by atoms with van der Waals surface area (Å²) >= 11 is 0. The molecule has 162 valence electrons. The number of amides is 1. The molecule has 0 unspecified atom stereocenters. The fourth-order valence-corrected chi connectivity index (χ4v) is 4.27. The van der Waals surface area contributed by atoms with Crippen LogP contribution in [0.5, 0.6) is 0 Å². The number of para-hydroxylation sites is 1. The molecule has 4 rings (SSSR count). The van der Waals surface area contributed by atoms with Crippen molar-refractivity contribution in [3.8, 4) is 5.69 Å². The zero-order valence-corrected chi connectivity index (χ0v) is 18.2. The molecule has 0 aliphatic carbocycles. The molecule has 5 nitrogen and oxygen atoms in total. The van der Waals surface area contributed by atoms with Gasteiger partial charge >= 0.3 is 0 Å². The SMILES string of the molecule is CCCN1CCc2c(c(CN(CC)C(=O)c3ccccc3F)nn2-c2ccccc2)C1. The number of rotatable bonds is 7. The first kappa shape index (κ1) is 21.2. The highest BCUT2D eigenvalue weighted by Crippen LogP contribution is 2.27. The normalized spacial score (nSPS) is 13.8. The summed E-state index contributed by atoms with van der Waals surface area (Å²) in [4.78, 5) is 17.2. The first-order valence-electron chi connectivity index (χ1n) is 11.0. The number of carbonyl (C=O) groups excluding carboxylic acids is 1. The Hall–Kier alpha value is -2.99. The number of carbonyl (C=O) groups is 1. The molecule has 2 aromatic carbocycles. The molecule has 0 bridgehead atoms. The zero-order chi connectivity index (χ0) is 21.8. The van der Waals surface area contributed by atoms with Gasteiger partial charge in [-0.2, -0.15) is 5.10 Å². The fourth-order valence-electron chi connectivity index (χ4n) is 4.27. The van der Waals surface area contributed by atoms with E-state index in [1.165, 1.54) is 17.3 Å². The summed E-state index contributed by atoms with van der Waals surface area (Å²) in [6.45, 7) is 7.84. The third-order valence-electron chi connectivity index (χ3n) is 5.87. The second-order valence-corrected chi connectivity index (χ2v) is 7.94. The van der Waals surface area contributed by atoms with Crippen LogP contribution in [0.1, 0.15) is 47.6 Å². The van der Waals surface area contributed by atoms with Gasteiger partial charge in [0, 0.05) is 31.6 Å². The van der Waals surface area contributed by atoms with Crippen LogP contribution in [0, 0.1) is 5.82 Å². The monoisotopic (exact) mass is 420 g/mol. The number of fused-ring (bicyclic) bond motifs is 1. The second kappa shape index (κ2) is 9.43. The van der Waals surface area contributed by atoms with Gasteiger partial charge in [-0.1, -0.05) is 37.3 Å². The van der Waals surface area contributed by atoms with Crippen LogP contribution in [0.15, 0.2) is 54.6 Å². The minimum atomic E-state index is -0.489. The van der Waals surface area contributed by atoms with E-state index < -0.39 is 5.82 Å². The van der Waals surface area contributed by atoms with Crippen LogP contribution in [-0.4, -0.2) is 45.1 Å². The lowest BCUT2D eigenvalue weighted by Gasteiger charge is -2.28. The molecule has 1 aliphatic rings. The molecule has 0 saturated heterocycles. The molecule has 0 atom stereocenters. The Morgan fingerprint density at radius 2 is 1.84 bits per heavy atom. The summed E-state index contributed by atoms with van der Waals surface area (Å²) in [5.41, 5.74) is 4.43. The van der Waals surface area contributed by atoms with Crippen molar-refractivity contribution >= 4 is 5.91 Å². The lowest BCUT2D eigenvalue weighted by atomic mass is 10.0. The fraction of sp³-hybridized carbons (Fsp3) is 0.360. The van der Waals surface area contributed by atoms with Crippen LogP contribution < -0.4 is 0 Å². The first-order chi connectivity index (χ1) is 15.1. The Morgan fingerprint density at radius 3 is 2.55 bits per heavy atom. The average Bonchev–Trinajstić information content (AvgIpc) is 3.16. The molecule has 1 aromatic heterocycles. The highest BCUT2D eigenvalue weighted by molar-refractivity contribution is 5.94. The maximum absolute atomic E-state index is 14.2. The number of nitrogens with zero attached hydrogens (tertiary/aromatic N) is 4. The van der Waals surface area contributed by atoms with Gasteiger partial charge in [-0.3, -0.25) is 9.69 Å². The molecule has 0 N–H and O–H groups in total. The minimum Gasteiger partial charge on any atom is -0.333 e. The third kappa shape index (κ3) is 4.39. The van der Waals surface area contributed by atoms with Gasteiger partial charge in [-0.25, -0.2) is 9.07 Å². The quantitative estimate of drug-likeness (QED) is 0.567. The molecule has 3 aromatic rings. The Kier molecular flexibility index (Phi) is 6.47. The molecule has 6 heteroatoms. The van der Waals surface area contributed by atoms with Crippen molar-refractivity contribution in [2.75, 3.05) is 19.6 Å². The van der Waals surface area contributed by atoms with E-state index in [2.05, 4.69) is 24.0 Å². The van der Waals surface area contributed by atoms with E-state index in [4.69, 9.17) is 5.10 Å². The molecule has 0 radical (unpaired) electrons. The predicted molar refractivity (Wildman–Crippen MR) is 120 cm³/mol. The van der Waals surface area contributed by atoms with Crippen molar-refractivity contribution in [1.29, 1.82) is 0 Å². The van der Waals surface area contributed by atoms with Crippen LogP contribution in [0.2, 0.25) is 0 Å². The van der Waals surface area contributed by atoms with Crippen molar-refractivity contribution in [3.63, 3.8) is 0 Å². The molecule has 0 fully saturated rings. The van der Waals surface area contributed by atoms with Crippen molar-refractivity contribution < 1.29 is 9.18 Å². The summed E-state index contributed by atoms with van der Waals surface area (Å²) in [5, 5.41) is 4.95. The third-order valence-corrected chi connectivity index (χ3v) is 5.87. The number of hydrogen-bond acceptors (Lipinski definition) is 3. The van der Waals surface area contributed by atoms with E-state index in [1.807, 2.05) is 29.8 Å². The molecule has 0 spiro atoms. The van der Waals surface area contributed by atoms with Gasteiger partial charge in [0.2, 0.25) is 0 Å². The summed E-state index contributed by atoms with van der Waals surface area (Å²) in [5.74, 6) is -0.790. The second-order valence-electron chi connectivity index (χ2n) is 7.94. The van der Waals surface area contributed by atoms with Crippen LogP contribution in [0.3, 0.4) is 0 Å². The predicted octanol–water partition coefficient (Wildman–Crippen LogP) is 4.44. The van der Waals surface area contributed by atoms with E-state index in [9.17, 15) is 9.18 Å². The van der Waals surface area contributed by atoms with Crippen LogP contribution >= 0.6 is 0 Å². The molecular formula is C25H29FN4O. The Bertz CT molecular complexity index is 1050. The zero-order valence-electron chi connectivity index (χ0n) is 18.2. The Labute approximate surface area is 183 Å². The minimum absolute atomic E-state index is 0.105. The lowest BCUT2D eigenvalue weighted by Crippen LogP contribution is -2.34.